The van der Waals surface area contributed by atoms with E-state index in [0.29, 0.717) is 30.4 Å². The normalized spacial score (nSPS) is 22.1. The topological polar surface area (TPSA) is 154 Å². The number of nitrogens with one attached hydrogen (secondary N) is 2. The van der Waals surface area contributed by atoms with Gasteiger partial charge in [-0.1, -0.05) is 0 Å². The molecular formula is C25H32N8O3S. The standard InChI is InChI=1S/C25H32N8O3S/c1-12-18(23-31-19-13(2)26-7-6-17(19)37-23)22(30-16-8-15(25(3,4)36)20(34)21(16)35)32-24(29-12)27-9-14-10-33(5)11-28-14/h6-7,10-11,15-16,20-21,34-36H,8-9H2,1-5H3,(H2,27,29,30,32)/t15-,16+,20+,21-/m0/s1. The average Bonchev–Trinajstić information content (AvgIpc) is 3.51. The number of hydrogen-bond acceptors (Lipinski definition) is 11. The van der Waals surface area contributed by atoms with Crippen molar-refractivity contribution in [3.8, 4) is 10.6 Å². The Kier molecular flexibility index (Phi) is 6.61. The summed E-state index contributed by atoms with van der Waals surface area (Å²) < 4.78 is 2.87. The van der Waals surface area contributed by atoms with Crippen molar-refractivity contribution in [1.82, 2.24) is 29.5 Å². The first-order chi connectivity index (χ1) is 17.5. The summed E-state index contributed by atoms with van der Waals surface area (Å²) >= 11 is 1.52. The molecular weight excluding hydrogens is 492 g/mol. The highest BCUT2D eigenvalue weighted by atomic mass is 32.1. The SMILES string of the molecule is Cc1nc(NCc2cn(C)cn2)nc(N[C@@H]2C[C@H](C(C)(C)O)[C@@H](O)[C@H]2O)c1-c1nc2c(C)nccc2s1. The van der Waals surface area contributed by atoms with Gasteiger partial charge in [0, 0.05) is 25.4 Å². The minimum atomic E-state index is -1.14. The van der Waals surface area contributed by atoms with Gasteiger partial charge in [-0.25, -0.2) is 15.0 Å². The second-order valence-corrected chi connectivity index (χ2v) is 11.3. The van der Waals surface area contributed by atoms with Crippen LogP contribution in [0.3, 0.4) is 0 Å². The van der Waals surface area contributed by atoms with Crippen LogP contribution in [0.1, 0.15) is 37.4 Å². The fraction of sp³-hybridized carbons (Fsp3) is 0.480. The molecule has 1 fully saturated rings. The minimum absolute atomic E-state index is 0.369. The second kappa shape index (κ2) is 9.60. The Hall–Kier alpha value is -3.19. The molecule has 0 aliphatic heterocycles. The van der Waals surface area contributed by atoms with Crippen LogP contribution in [0.15, 0.2) is 24.8 Å². The summed E-state index contributed by atoms with van der Waals surface area (Å²) in [5, 5.41) is 39.4. The number of rotatable bonds is 7. The van der Waals surface area contributed by atoms with Crippen LogP contribution in [0.25, 0.3) is 20.8 Å². The van der Waals surface area contributed by atoms with E-state index in [1.165, 1.54) is 11.3 Å². The van der Waals surface area contributed by atoms with Gasteiger partial charge in [-0.15, -0.1) is 11.3 Å². The number of hydrogen-bond donors (Lipinski definition) is 5. The summed E-state index contributed by atoms with van der Waals surface area (Å²) in [6, 6.07) is 1.40. The molecule has 4 heterocycles. The van der Waals surface area contributed by atoms with Gasteiger partial charge in [0.25, 0.3) is 0 Å². The van der Waals surface area contributed by atoms with Gasteiger partial charge in [0.15, 0.2) is 0 Å². The van der Waals surface area contributed by atoms with Crippen LogP contribution in [0.2, 0.25) is 0 Å². The number of nitrogens with zero attached hydrogens (tertiary/aromatic N) is 6. The quantitative estimate of drug-likeness (QED) is 0.243. The second-order valence-electron chi connectivity index (χ2n) is 10.2. The van der Waals surface area contributed by atoms with Crippen LogP contribution in [-0.2, 0) is 13.6 Å². The summed E-state index contributed by atoms with van der Waals surface area (Å²) in [6.45, 7) is 7.55. The monoisotopic (exact) mass is 524 g/mol. The lowest BCUT2D eigenvalue weighted by molar-refractivity contribution is -0.0601. The molecule has 0 saturated heterocycles. The van der Waals surface area contributed by atoms with Gasteiger partial charge < -0.3 is 30.5 Å². The number of imidazole rings is 1. The molecule has 37 heavy (non-hydrogen) atoms. The van der Waals surface area contributed by atoms with E-state index in [2.05, 4.69) is 25.6 Å². The van der Waals surface area contributed by atoms with Gasteiger partial charge in [0.05, 0.1) is 58.0 Å². The zero-order valence-corrected chi connectivity index (χ0v) is 22.3. The van der Waals surface area contributed by atoms with Gasteiger partial charge in [0.2, 0.25) is 5.95 Å². The van der Waals surface area contributed by atoms with E-state index < -0.39 is 29.8 Å². The van der Waals surface area contributed by atoms with Crippen LogP contribution < -0.4 is 10.6 Å². The summed E-state index contributed by atoms with van der Waals surface area (Å²) in [4.78, 5) is 23.0. The molecule has 1 aliphatic carbocycles. The molecule has 0 bridgehead atoms. The molecule has 4 atom stereocenters. The molecule has 0 spiro atoms. The summed E-state index contributed by atoms with van der Waals surface area (Å²) in [6.07, 6.45) is 3.63. The van der Waals surface area contributed by atoms with Crippen molar-refractivity contribution >= 4 is 33.3 Å². The van der Waals surface area contributed by atoms with Crippen molar-refractivity contribution in [2.75, 3.05) is 10.6 Å². The Balaban J connectivity index is 1.53. The first-order valence-corrected chi connectivity index (χ1v) is 13.0. The molecule has 5 rings (SSSR count). The number of anilines is 2. The predicted octanol–water partition coefficient (Wildman–Crippen LogP) is 2.40. The van der Waals surface area contributed by atoms with Crippen LogP contribution in [0.4, 0.5) is 11.8 Å². The molecule has 0 unspecified atom stereocenters. The molecule has 5 N–H and O–H groups in total. The Bertz CT molecular complexity index is 1430. The lowest BCUT2D eigenvalue weighted by Gasteiger charge is -2.28. The molecule has 0 radical (unpaired) electrons. The zero-order valence-electron chi connectivity index (χ0n) is 21.5. The molecule has 0 aromatic carbocycles. The number of aliphatic hydroxyl groups excluding tert-OH is 2. The Morgan fingerprint density at radius 1 is 1.11 bits per heavy atom. The third-order valence-electron chi connectivity index (χ3n) is 6.89. The first-order valence-electron chi connectivity index (χ1n) is 12.2. The van der Waals surface area contributed by atoms with E-state index in [0.717, 1.165) is 32.2 Å². The number of aromatic nitrogens is 6. The minimum Gasteiger partial charge on any atom is -0.390 e. The number of aliphatic hydroxyl groups is 3. The van der Waals surface area contributed by atoms with Crippen molar-refractivity contribution < 1.29 is 15.3 Å². The van der Waals surface area contributed by atoms with E-state index in [4.69, 9.17) is 9.97 Å². The maximum atomic E-state index is 10.8. The molecule has 1 saturated carbocycles. The van der Waals surface area contributed by atoms with Gasteiger partial charge in [-0.05, 0) is 40.2 Å². The van der Waals surface area contributed by atoms with E-state index in [1.54, 1.807) is 26.4 Å². The number of pyridine rings is 1. The number of thiazole rings is 1. The van der Waals surface area contributed by atoms with Crippen LogP contribution in [-0.4, -0.2) is 68.7 Å². The summed E-state index contributed by atoms with van der Waals surface area (Å²) in [7, 11) is 1.91. The summed E-state index contributed by atoms with van der Waals surface area (Å²) in [5.74, 6) is 0.401. The Labute approximate surface area is 218 Å². The molecule has 0 amide bonds. The molecule has 12 heteroatoms. The van der Waals surface area contributed by atoms with Crippen molar-refractivity contribution in [2.24, 2.45) is 13.0 Å². The highest BCUT2D eigenvalue weighted by Crippen LogP contribution is 2.40. The lowest BCUT2D eigenvalue weighted by atomic mass is 9.88. The molecule has 11 nitrogen and oxygen atoms in total. The van der Waals surface area contributed by atoms with Crippen molar-refractivity contribution in [1.29, 1.82) is 0 Å². The largest absolute Gasteiger partial charge is 0.390 e. The third kappa shape index (κ3) is 5.01. The Morgan fingerprint density at radius 3 is 2.54 bits per heavy atom. The summed E-state index contributed by atoms with van der Waals surface area (Å²) in [5.41, 5.74) is 2.79. The third-order valence-corrected chi connectivity index (χ3v) is 7.93. The predicted molar refractivity (Wildman–Crippen MR) is 142 cm³/mol. The van der Waals surface area contributed by atoms with Crippen LogP contribution in [0.5, 0.6) is 0 Å². The van der Waals surface area contributed by atoms with Gasteiger partial charge >= 0.3 is 0 Å². The lowest BCUT2D eigenvalue weighted by Crippen LogP contribution is -2.40. The van der Waals surface area contributed by atoms with E-state index in [-0.39, 0.29) is 0 Å². The fourth-order valence-electron chi connectivity index (χ4n) is 4.88. The van der Waals surface area contributed by atoms with Gasteiger partial charge in [-0.2, -0.15) is 4.98 Å². The van der Waals surface area contributed by atoms with Crippen molar-refractivity contribution in [3.63, 3.8) is 0 Å². The molecule has 1 aliphatic rings. The van der Waals surface area contributed by atoms with E-state index in [9.17, 15) is 15.3 Å². The fourth-order valence-corrected chi connectivity index (χ4v) is 5.99. The Morgan fingerprint density at radius 2 is 1.89 bits per heavy atom. The highest BCUT2D eigenvalue weighted by molar-refractivity contribution is 7.21. The number of aryl methyl sites for hydroxylation is 3. The molecule has 196 valence electrons. The van der Waals surface area contributed by atoms with Crippen LogP contribution >= 0.6 is 11.3 Å². The smallest absolute Gasteiger partial charge is 0.225 e. The van der Waals surface area contributed by atoms with E-state index in [1.807, 2.05) is 37.7 Å². The number of fused-ring (bicyclic) bond motifs is 1. The molecule has 4 aromatic heterocycles. The van der Waals surface area contributed by atoms with Crippen LogP contribution in [0, 0.1) is 19.8 Å². The maximum absolute atomic E-state index is 10.8. The first kappa shape index (κ1) is 25.5. The molecule has 4 aromatic rings. The van der Waals surface area contributed by atoms with Gasteiger partial charge in [-0.3, -0.25) is 4.98 Å². The maximum Gasteiger partial charge on any atom is 0.225 e. The van der Waals surface area contributed by atoms with Crippen molar-refractivity contribution in [2.45, 2.75) is 64.5 Å². The van der Waals surface area contributed by atoms with Crippen molar-refractivity contribution in [3.05, 3.63) is 41.9 Å². The van der Waals surface area contributed by atoms with Gasteiger partial charge in [0.1, 0.15) is 22.4 Å². The highest BCUT2D eigenvalue weighted by Gasteiger charge is 2.48. The zero-order chi connectivity index (χ0) is 26.5. The average molecular weight is 525 g/mol. The van der Waals surface area contributed by atoms with E-state index >= 15 is 0 Å².